The van der Waals surface area contributed by atoms with Crippen molar-refractivity contribution in [2.24, 2.45) is 0 Å². The summed E-state index contributed by atoms with van der Waals surface area (Å²) in [5.41, 5.74) is 2.57. The number of hydrogen-bond acceptors (Lipinski definition) is 2. The van der Waals surface area contributed by atoms with E-state index in [1.165, 1.54) is 11.4 Å². The molecule has 0 saturated carbocycles. The molecule has 0 radical (unpaired) electrons. The van der Waals surface area contributed by atoms with Crippen molar-refractivity contribution >= 4 is 11.4 Å². The molecule has 0 aliphatic rings. The smallest absolute Gasteiger partial charge is 0.0366 e. The van der Waals surface area contributed by atoms with Crippen LogP contribution in [0.15, 0.2) is 60.7 Å². The van der Waals surface area contributed by atoms with Gasteiger partial charge in [-0.15, -0.1) is 0 Å². The second-order valence-electron chi connectivity index (χ2n) is 4.67. The van der Waals surface area contributed by atoms with Crippen LogP contribution in [0.2, 0.25) is 0 Å². The number of nitrogens with zero attached hydrogens (tertiary/aromatic N) is 2. The van der Waals surface area contributed by atoms with E-state index in [1.54, 1.807) is 0 Å². The number of likely N-dealkylation sites (N-methyl/N-ethyl adjacent to an activating group) is 2. The summed E-state index contributed by atoms with van der Waals surface area (Å²) in [5, 5.41) is 0. The van der Waals surface area contributed by atoms with Crippen LogP contribution in [0.3, 0.4) is 0 Å². The van der Waals surface area contributed by atoms with E-state index in [9.17, 15) is 0 Å². The van der Waals surface area contributed by atoms with Crippen LogP contribution in [0, 0.1) is 0 Å². The summed E-state index contributed by atoms with van der Waals surface area (Å²) in [4.78, 5) is 4.70. The Morgan fingerprint density at radius 2 is 1.26 bits per heavy atom. The third kappa shape index (κ3) is 3.75. The average Bonchev–Trinajstić information content (AvgIpc) is 2.49. The topological polar surface area (TPSA) is 6.48 Å². The summed E-state index contributed by atoms with van der Waals surface area (Å²) in [5.74, 6) is 0. The number of para-hydroxylation sites is 2. The minimum Gasteiger partial charge on any atom is -0.373 e. The first-order valence-electron chi connectivity index (χ1n) is 6.87. The molecule has 0 spiro atoms. The first-order valence-corrected chi connectivity index (χ1v) is 6.87. The average molecular weight is 254 g/mol. The summed E-state index contributed by atoms with van der Waals surface area (Å²) < 4.78 is 0. The summed E-state index contributed by atoms with van der Waals surface area (Å²) in [6.45, 7) is 5.29. The number of hydrogen-bond donors (Lipinski definition) is 0. The molecule has 2 aromatic rings. The fourth-order valence-corrected chi connectivity index (χ4v) is 2.19. The van der Waals surface area contributed by atoms with E-state index in [1.807, 2.05) is 0 Å². The van der Waals surface area contributed by atoms with Gasteiger partial charge in [-0.1, -0.05) is 36.4 Å². The Morgan fingerprint density at radius 1 is 0.737 bits per heavy atom. The number of benzene rings is 2. The molecule has 0 N–H and O–H groups in total. The SMILES string of the molecule is CCN(CCN(C)c1ccccc1)c1ccccc1. The van der Waals surface area contributed by atoms with Crippen LogP contribution >= 0.6 is 0 Å². The molecule has 2 aromatic carbocycles. The van der Waals surface area contributed by atoms with Crippen LogP contribution in [0.5, 0.6) is 0 Å². The molecule has 0 aromatic heterocycles. The van der Waals surface area contributed by atoms with Gasteiger partial charge in [-0.3, -0.25) is 0 Å². The Bertz CT molecular complexity index is 467. The van der Waals surface area contributed by atoms with Gasteiger partial charge in [-0.05, 0) is 31.2 Å². The molecule has 19 heavy (non-hydrogen) atoms. The molecule has 0 aliphatic heterocycles. The van der Waals surface area contributed by atoms with Crippen molar-refractivity contribution < 1.29 is 0 Å². The fourth-order valence-electron chi connectivity index (χ4n) is 2.19. The van der Waals surface area contributed by atoms with E-state index in [0.29, 0.717) is 0 Å². The van der Waals surface area contributed by atoms with E-state index in [2.05, 4.69) is 84.4 Å². The van der Waals surface area contributed by atoms with E-state index in [4.69, 9.17) is 0 Å². The fraction of sp³-hybridized carbons (Fsp3) is 0.294. The summed E-state index contributed by atoms with van der Waals surface area (Å²) in [6, 6.07) is 21.1. The zero-order chi connectivity index (χ0) is 13.5. The predicted octanol–water partition coefficient (Wildman–Crippen LogP) is 3.65. The number of rotatable bonds is 6. The lowest BCUT2D eigenvalue weighted by atomic mass is 10.2. The Balaban J connectivity index is 1.94. The van der Waals surface area contributed by atoms with Gasteiger partial charge in [0, 0.05) is 38.1 Å². The van der Waals surface area contributed by atoms with Crippen molar-refractivity contribution in [3.8, 4) is 0 Å². The largest absolute Gasteiger partial charge is 0.373 e. The van der Waals surface area contributed by atoms with Crippen LogP contribution in [0.1, 0.15) is 6.92 Å². The molecule has 0 aliphatic carbocycles. The molecule has 0 fully saturated rings. The first kappa shape index (κ1) is 13.5. The molecule has 100 valence electrons. The molecule has 0 bridgehead atoms. The normalized spacial score (nSPS) is 10.2. The minimum atomic E-state index is 1.02. The second-order valence-corrected chi connectivity index (χ2v) is 4.67. The Labute approximate surface area is 116 Å². The third-order valence-corrected chi connectivity index (χ3v) is 3.41. The van der Waals surface area contributed by atoms with Crippen molar-refractivity contribution in [3.05, 3.63) is 60.7 Å². The molecule has 2 rings (SSSR count). The van der Waals surface area contributed by atoms with Crippen LogP contribution in [0.4, 0.5) is 11.4 Å². The van der Waals surface area contributed by atoms with Crippen LogP contribution in [-0.4, -0.2) is 26.7 Å². The van der Waals surface area contributed by atoms with Gasteiger partial charge in [0.2, 0.25) is 0 Å². The Hall–Kier alpha value is -1.96. The van der Waals surface area contributed by atoms with Gasteiger partial charge >= 0.3 is 0 Å². The zero-order valence-corrected chi connectivity index (χ0v) is 11.8. The van der Waals surface area contributed by atoms with Gasteiger partial charge in [-0.2, -0.15) is 0 Å². The highest BCUT2D eigenvalue weighted by Gasteiger charge is 2.05. The zero-order valence-electron chi connectivity index (χ0n) is 11.8. The first-order chi connectivity index (χ1) is 9.31. The second kappa shape index (κ2) is 6.83. The molecule has 0 atom stereocenters. The summed E-state index contributed by atoms with van der Waals surface area (Å²) in [6.07, 6.45) is 0. The lowest BCUT2D eigenvalue weighted by Crippen LogP contribution is -2.33. The van der Waals surface area contributed by atoms with Crippen molar-refractivity contribution in [1.82, 2.24) is 0 Å². The van der Waals surface area contributed by atoms with Gasteiger partial charge in [0.15, 0.2) is 0 Å². The lowest BCUT2D eigenvalue weighted by molar-refractivity contribution is 0.785. The molecule has 2 heteroatoms. The molecule has 2 nitrogen and oxygen atoms in total. The van der Waals surface area contributed by atoms with E-state index in [-0.39, 0.29) is 0 Å². The Morgan fingerprint density at radius 3 is 1.79 bits per heavy atom. The maximum Gasteiger partial charge on any atom is 0.0366 e. The molecule has 0 unspecified atom stereocenters. The van der Waals surface area contributed by atoms with Gasteiger partial charge in [-0.25, -0.2) is 0 Å². The van der Waals surface area contributed by atoms with E-state index >= 15 is 0 Å². The van der Waals surface area contributed by atoms with Gasteiger partial charge < -0.3 is 9.80 Å². The molecular weight excluding hydrogens is 232 g/mol. The predicted molar refractivity (Wildman–Crippen MR) is 84.0 cm³/mol. The minimum absolute atomic E-state index is 1.02. The Kier molecular flexibility index (Phi) is 4.85. The highest BCUT2D eigenvalue weighted by molar-refractivity contribution is 5.48. The molecular formula is C17H22N2. The maximum atomic E-state index is 2.40. The van der Waals surface area contributed by atoms with Crippen LogP contribution in [-0.2, 0) is 0 Å². The van der Waals surface area contributed by atoms with Crippen molar-refractivity contribution in [1.29, 1.82) is 0 Å². The van der Waals surface area contributed by atoms with Gasteiger partial charge in [0.1, 0.15) is 0 Å². The highest BCUT2D eigenvalue weighted by Crippen LogP contribution is 2.14. The van der Waals surface area contributed by atoms with E-state index in [0.717, 1.165) is 19.6 Å². The maximum absolute atomic E-state index is 2.40. The van der Waals surface area contributed by atoms with Crippen LogP contribution in [0.25, 0.3) is 0 Å². The van der Waals surface area contributed by atoms with Crippen LogP contribution < -0.4 is 9.80 Å². The monoisotopic (exact) mass is 254 g/mol. The summed E-state index contributed by atoms with van der Waals surface area (Å²) in [7, 11) is 2.15. The quantitative estimate of drug-likeness (QED) is 0.776. The molecule has 0 amide bonds. The van der Waals surface area contributed by atoms with Gasteiger partial charge in [0.25, 0.3) is 0 Å². The summed E-state index contributed by atoms with van der Waals surface area (Å²) >= 11 is 0. The highest BCUT2D eigenvalue weighted by atomic mass is 15.2. The molecule has 0 heterocycles. The standard InChI is InChI=1S/C17H22N2/c1-3-19(17-12-8-5-9-13-17)15-14-18(2)16-10-6-4-7-11-16/h4-13H,3,14-15H2,1-2H3. The van der Waals surface area contributed by atoms with Gasteiger partial charge in [0.05, 0.1) is 0 Å². The lowest BCUT2D eigenvalue weighted by Gasteiger charge is -2.27. The molecule has 0 saturated heterocycles. The van der Waals surface area contributed by atoms with Crippen molar-refractivity contribution in [2.45, 2.75) is 6.92 Å². The van der Waals surface area contributed by atoms with E-state index < -0.39 is 0 Å². The number of anilines is 2. The third-order valence-electron chi connectivity index (χ3n) is 3.41. The van der Waals surface area contributed by atoms with Crippen molar-refractivity contribution in [3.63, 3.8) is 0 Å². The van der Waals surface area contributed by atoms with Crippen molar-refractivity contribution in [2.75, 3.05) is 36.5 Å².